The van der Waals surface area contributed by atoms with Crippen LogP contribution in [0.5, 0.6) is 0 Å². The Morgan fingerprint density at radius 2 is 1.97 bits per heavy atom. The van der Waals surface area contributed by atoms with Gasteiger partial charge in [0.2, 0.25) is 0 Å². The van der Waals surface area contributed by atoms with Gasteiger partial charge in [0.1, 0.15) is 30.2 Å². The highest BCUT2D eigenvalue weighted by Gasteiger charge is 2.40. The van der Waals surface area contributed by atoms with Crippen molar-refractivity contribution >= 4 is 34.9 Å². The van der Waals surface area contributed by atoms with E-state index in [2.05, 4.69) is 18.6 Å². The van der Waals surface area contributed by atoms with Gasteiger partial charge in [-0.3, -0.25) is 9.13 Å². The average Bonchev–Trinajstić information content (AvgIpc) is 3.20. The average molecular weight is 489 g/mol. The van der Waals surface area contributed by atoms with E-state index in [0.29, 0.717) is 31.0 Å². The number of aromatic nitrogens is 2. The molecule has 0 bridgehead atoms. The predicted molar refractivity (Wildman–Crippen MR) is 103 cm³/mol. The molecule has 2 aliphatic heterocycles. The molecule has 0 amide bonds. The molecule has 0 radical (unpaired) electrons. The summed E-state index contributed by atoms with van der Waals surface area (Å²) >= 11 is 0. The molecule has 1 aromatic heterocycles. The Morgan fingerprint density at radius 3 is 2.63 bits per heavy atom. The third kappa shape index (κ3) is 5.77. The van der Waals surface area contributed by atoms with Crippen LogP contribution in [0.3, 0.4) is 0 Å². The molecule has 170 valence electrons. The predicted octanol–water partition coefficient (Wildman–Crippen LogP) is 0.739. The van der Waals surface area contributed by atoms with Gasteiger partial charge in [-0.1, -0.05) is 0 Å². The summed E-state index contributed by atoms with van der Waals surface area (Å²) in [4.78, 5) is 36.8. The highest BCUT2D eigenvalue weighted by atomic mass is 31.3. The summed E-state index contributed by atoms with van der Waals surface area (Å²) in [5.41, 5.74) is 6.42. The zero-order valence-corrected chi connectivity index (χ0v) is 18.7. The summed E-state index contributed by atoms with van der Waals surface area (Å²) in [6.07, 6.45) is 1.75. The molecule has 5 N–H and O–H groups in total. The van der Waals surface area contributed by atoms with Crippen LogP contribution in [0.1, 0.15) is 24.8 Å². The van der Waals surface area contributed by atoms with Gasteiger partial charge in [0.05, 0.1) is 19.0 Å². The highest BCUT2D eigenvalue weighted by molar-refractivity contribution is 7.68. The number of hydrogen-bond acceptors (Lipinski definition) is 11. The van der Waals surface area contributed by atoms with Crippen LogP contribution < -0.4 is 10.6 Å². The molecule has 0 aromatic carbocycles. The van der Waals surface area contributed by atoms with Gasteiger partial charge in [0.15, 0.2) is 0 Å². The first kappa shape index (κ1) is 23.6. The lowest BCUT2D eigenvalue weighted by Crippen LogP contribution is -2.31. The van der Waals surface area contributed by atoms with E-state index in [1.807, 2.05) is 11.9 Å². The molecule has 1 saturated heterocycles. The maximum Gasteiger partial charge on any atom is 0.488 e. The normalized spacial score (nSPS) is 26.0. The van der Waals surface area contributed by atoms with Crippen molar-refractivity contribution in [2.75, 3.05) is 31.9 Å². The minimum Gasteiger partial charge on any atom is -0.382 e. The van der Waals surface area contributed by atoms with Crippen molar-refractivity contribution in [3.63, 3.8) is 0 Å². The number of nitrogens with zero attached hydrogens (tertiary/aromatic N) is 4. The largest absolute Gasteiger partial charge is 0.488 e. The third-order valence-electron chi connectivity index (χ3n) is 4.18. The summed E-state index contributed by atoms with van der Waals surface area (Å²) in [6.45, 7) is 0.989. The standard InChI is InChI=1S/C12H22N5O10P3/c1-16-6-15-11(13)10-12(16)17(7-14-10)9-4-3-8(25-9)5-24-28(2,18)26-30(22,23)27-29(19,20)21/h7-9H,3-6H2,1-2H3,(H2,13,15)(H,22,23)(H2,19,20,21). The first-order chi connectivity index (χ1) is 13.8. The minimum absolute atomic E-state index is 0.253. The van der Waals surface area contributed by atoms with Crippen LogP contribution in [0.2, 0.25) is 0 Å². The summed E-state index contributed by atoms with van der Waals surface area (Å²) in [5.74, 6) is 1.07. The Hall–Kier alpha value is -1.11. The molecular formula is C12H22N5O10P3. The molecule has 15 nitrogen and oxygen atoms in total. The molecule has 0 aliphatic carbocycles. The van der Waals surface area contributed by atoms with Crippen molar-refractivity contribution in [2.24, 2.45) is 10.7 Å². The Bertz CT molecular complexity index is 976. The number of anilines is 1. The summed E-state index contributed by atoms with van der Waals surface area (Å²) in [7, 11) is -13.0. The number of phosphoric acid groups is 2. The van der Waals surface area contributed by atoms with E-state index in [4.69, 9.17) is 24.8 Å². The Balaban J connectivity index is 1.58. The van der Waals surface area contributed by atoms with E-state index >= 15 is 0 Å². The fraction of sp³-hybridized carbons (Fsp3) is 0.667. The number of nitrogens with two attached hydrogens (primary N) is 1. The van der Waals surface area contributed by atoms with Gasteiger partial charge >= 0.3 is 23.2 Å². The number of imidazole rings is 1. The van der Waals surface area contributed by atoms with E-state index < -0.39 is 35.6 Å². The molecule has 3 rings (SSSR count). The van der Waals surface area contributed by atoms with Crippen molar-refractivity contribution in [3.05, 3.63) is 12.0 Å². The van der Waals surface area contributed by atoms with E-state index in [1.54, 1.807) is 10.9 Å². The smallest absolute Gasteiger partial charge is 0.382 e. The SMILES string of the molecule is CN1CN=C(N)c2ncn(C3CCC(COP(C)(=O)OP(=O)(O)OP(=O)(O)O)O3)c21. The molecule has 0 spiro atoms. The lowest BCUT2D eigenvalue weighted by Gasteiger charge is -2.26. The second-order valence-electron chi connectivity index (χ2n) is 6.69. The van der Waals surface area contributed by atoms with Crippen LogP contribution in [0.15, 0.2) is 11.3 Å². The van der Waals surface area contributed by atoms with Crippen molar-refractivity contribution in [3.8, 4) is 0 Å². The molecule has 4 atom stereocenters. The van der Waals surface area contributed by atoms with E-state index in [9.17, 15) is 18.6 Å². The molecule has 30 heavy (non-hydrogen) atoms. The van der Waals surface area contributed by atoms with E-state index in [0.717, 1.165) is 12.5 Å². The molecule has 2 aliphatic rings. The number of fused-ring (bicyclic) bond motifs is 1. The number of rotatable bonds is 8. The molecule has 1 fully saturated rings. The topological polar surface area (TPSA) is 208 Å². The molecule has 3 heterocycles. The van der Waals surface area contributed by atoms with Crippen LogP contribution in [-0.2, 0) is 31.6 Å². The molecule has 1 aromatic rings. The van der Waals surface area contributed by atoms with Gasteiger partial charge in [0, 0.05) is 13.7 Å². The molecule has 0 saturated carbocycles. The first-order valence-corrected chi connectivity index (χ1v) is 13.5. The minimum atomic E-state index is -5.34. The fourth-order valence-electron chi connectivity index (χ4n) is 3.04. The summed E-state index contributed by atoms with van der Waals surface area (Å²) in [5, 5.41) is 0. The first-order valence-electron chi connectivity index (χ1n) is 8.53. The van der Waals surface area contributed by atoms with Gasteiger partial charge in [-0.15, -0.1) is 0 Å². The number of ether oxygens (including phenoxy) is 1. The fourth-order valence-corrected chi connectivity index (χ4v) is 6.63. The monoisotopic (exact) mass is 489 g/mol. The lowest BCUT2D eigenvalue weighted by molar-refractivity contribution is -0.0183. The Kier molecular flexibility index (Phi) is 6.62. The number of aliphatic imine (C=N–C) groups is 1. The number of amidine groups is 1. The van der Waals surface area contributed by atoms with Gasteiger partial charge in [0.25, 0.3) is 0 Å². The van der Waals surface area contributed by atoms with Gasteiger partial charge in [-0.25, -0.2) is 23.4 Å². The second kappa shape index (κ2) is 8.44. The van der Waals surface area contributed by atoms with Crippen molar-refractivity contribution in [1.82, 2.24) is 9.55 Å². The second-order valence-corrected chi connectivity index (χ2v) is 11.7. The summed E-state index contributed by atoms with van der Waals surface area (Å²) < 4.78 is 55.1. The van der Waals surface area contributed by atoms with Crippen LogP contribution in [0.4, 0.5) is 5.82 Å². The Labute approximate surface area is 171 Å². The zero-order chi connectivity index (χ0) is 22.3. The van der Waals surface area contributed by atoms with Gasteiger partial charge in [-0.2, -0.15) is 4.31 Å². The summed E-state index contributed by atoms with van der Waals surface area (Å²) in [6, 6.07) is 0. The van der Waals surface area contributed by atoms with E-state index in [1.165, 1.54) is 0 Å². The molecule has 4 unspecified atom stereocenters. The quantitative estimate of drug-likeness (QED) is 0.372. The van der Waals surface area contributed by atoms with E-state index in [-0.39, 0.29) is 6.61 Å². The third-order valence-corrected chi connectivity index (χ3v) is 8.48. The Morgan fingerprint density at radius 1 is 1.27 bits per heavy atom. The van der Waals surface area contributed by atoms with Crippen LogP contribution in [0.25, 0.3) is 0 Å². The van der Waals surface area contributed by atoms with Crippen molar-refractivity contribution in [1.29, 1.82) is 0 Å². The maximum atomic E-state index is 12.2. The maximum absolute atomic E-state index is 12.2. The zero-order valence-electron chi connectivity index (χ0n) is 16.0. The van der Waals surface area contributed by atoms with Crippen molar-refractivity contribution in [2.45, 2.75) is 25.2 Å². The lowest BCUT2D eigenvalue weighted by atomic mass is 10.2. The van der Waals surface area contributed by atoms with Gasteiger partial charge in [-0.05, 0) is 12.8 Å². The van der Waals surface area contributed by atoms with Gasteiger partial charge < -0.3 is 34.6 Å². The van der Waals surface area contributed by atoms with Crippen LogP contribution in [0, 0.1) is 0 Å². The number of hydrogen-bond donors (Lipinski definition) is 4. The molecule has 18 heteroatoms. The molecular weight excluding hydrogens is 467 g/mol. The van der Waals surface area contributed by atoms with Crippen molar-refractivity contribution < 1.29 is 46.3 Å². The highest BCUT2D eigenvalue weighted by Crippen LogP contribution is 2.66. The van der Waals surface area contributed by atoms with Crippen LogP contribution >= 0.6 is 23.2 Å². The van der Waals surface area contributed by atoms with Crippen LogP contribution in [-0.4, -0.2) is 63.2 Å².